The third-order valence-electron chi connectivity index (χ3n) is 2.84. The Bertz CT molecular complexity index is 664. The van der Waals surface area contributed by atoms with Crippen LogP contribution in [-0.2, 0) is 13.6 Å². The van der Waals surface area contributed by atoms with Crippen LogP contribution in [0, 0.1) is 0 Å². The van der Waals surface area contributed by atoms with Crippen LogP contribution in [0.3, 0.4) is 0 Å². The zero-order chi connectivity index (χ0) is 15.4. The van der Waals surface area contributed by atoms with Gasteiger partial charge in [-0.2, -0.15) is 10.2 Å². The highest BCUT2D eigenvalue weighted by Crippen LogP contribution is 2.08. The first-order valence-corrected chi connectivity index (χ1v) is 7.00. The number of nitrogens with one attached hydrogen (secondary N) is 1. The number of nitrogens with zero attached hydrogens (tertiary/aromatic N) is 4. The molecule has 1 amide bonds. The topological polar surface area (TPSA) is 102 Å². The molecule has 0 bridgehead atoms. The minimum atomic E-state index is -1.17. The number of carbonyl (C=O) groups excluding carboxylic acids is 1. The molecule has 2 rings (SSSR count). The number of aryl methyl sites for hydroxylation is 2. The van der Waals surface area contributed by atoms with Crippen LogP contribution in [0.15, 0.2) is 23.1 Å². The molecule has 9 heteroatoms. The molecule has 2 aromatic rings. The highest BCUT2D eigenvalue weighted by atomic mass is 79.9. The van der Waals surface area contributed by atoms with Gasteiger partial charge in [-0.15, -0.1) is 0 Å². The van der Waals surface area contributed by atoms with Crippen molar-refractivity contribution in [2.75, 3.05) is 6.54 Å². The second-order valence-corrected chi connectivity index (χ2v) is 5.28. The monoisotopic (exact) mass is 355 g/mol. The fourth-order valence-corrected chi connectivity index (χ4v) is 2.18. The summed E-state index contributed by atoms with van der Waals surface area (Å²) in [6, 6.07) is 0. The van der Waals surface area contributed by atoms with Crippen molar-refractivity contribution in [1.29, 1.82) is 0 Å². The molecule has 2 heterocycles. The third kappa shape index (κ3) is 3.69. The SMILES string of the molecule is Cn1ncc(C(=O)O)c1C(=O)NCCCn1cc(Br)cn1. The van der Waals surface area contributed by atoms with Gasteiger partial charge in [-0.25, -0.2) is 4.79 Å². The maximum Gasteiger partial charge on any atom is 0.339 e. The van der Waals surface area contributed by atoms with Crippen LogP contribution in [0.25, 0.3) is 0 Å². The van der Waals surface area contributed by atoms with E-state index in [9.17, 15) is 9.59 Å². The molecule has 112 valence electrons. The number of carboxylic acids is 1. The van der Waals surface area contributed by atoms with Crippen LogP contribution in [0.5, 0.6) is 0 Å². The number of hydrogen-bond acceptors (Lipinski definition) is 4. The van der Waals surface area contributed by atoms with E-state index in [0.717, 1.165) is 4.47 Å². The first-order valence-electron chi connectivity index (χ1n) is 6.20. The Morgan fingerprint density at radius 2 is 2.14 bits per heavy atom. The van der Waals surface area contributed by atoms with Crippen LogP contribution in [-0.4, -0.2) is 43.1 Å². The number of halogens is 1. The summed E-state index contributed by atoms with van der Waals surface area (Å²) < 4.78 is 3.90. The zero-order valence-corrected chi connectivity index (χ0v) is 12.9. The molecule has 0 aliphatic carbocycles. The van der Waals surface area contributed by atoms with Crippen LogP contribution in [0.2, 0.25) is 0 Å². The summed E-state index contributed by atoms with van der Waals surface area (Å²) in [4.78, 5) is 23.0. The second kappa shape index (κ2) is 6.53. The number of rotatable bonds is 6. The zero-order valence-electron chi connectivity index (χ0n) is 11.3. The predicted molar refractivity (Wildman–Crippen MR) is 77.0 cm³/mol. The summed E-state index contributed by atoms with van der Waals surface area (Å²) in [5, 5.41) is 19.6. The van der Waals surface area contributed by atoms with Gasteiger partial charge >= 0.3 is 5.97 Å². The van der Waals surface area contributed by atoms with Gasteiger partial charge in [-0.05, 0) is 22.4 Å². The van der Waals surface area contributed by atoms with Crippen LogP contribution < -0.4 is 5.32 Å². The molecule has 21 heavy (non-hydrogen) atoms. The molecule has 2 aromatic heterocycles. The Morgan fingerprint density at radius 1 is 1.38 bits per heavy atom. The molecule has 0 unspecified atom stereocenters. The van der Waals surface area contributed by atoms with Crippen LogP contribution in [0.1, 0.15) is 27.3 Å². The standard InChI is InChI=1S/C12H14BrN5O3/c1-17-10(9(6-15-17)12(20)21)11(19)14-3-2-4-18-7-8(13)5-16-18/h5-7H,2-4H2,1H3,(H,14,19)(H,20,21). The predicted octanol–water partition coefficient (Wildman–Crippen LogP) is 0.897. The molecule has 0 aliphatic heterocycles. The van der Waals surface area contributed by atoms with E-state index >= 15 is 0 Å². The smallest absolute Gasteiger partial charge is 0.339 e. The number of carboxylic acid groups (broad SMARTS) is 1. The minimum absolute atomic E-state index is 0.0457. The van der Waals surface area contributed by atoms with Crippen molar-refractivity contribution in [2.45, 2.75) is 13.0 Å². The van der Waals surface area contributed by atoms with E-state index < -0.39 is 11.9 Å². The quantitative estimate of drug-likeness (QED) is 0.749. The van der Waals surface area contributed by atoms with Crippen molar-refractivity contribution in [3.05, 3.63) is 34.3 Å². The lowest BCUT2D eigenvalue weighted by molar-refractivity contribution is 0.0690. The van der Waals surface area contributed by atoms with E-state index in [-0.39, 0.29) is 11.3 Å². The average molecular weight is 356 g/mol. The van der Waals surface area contributed by atoms with Crippen LogP contribution >= 0.6 is 15.9 Å². The lowest BCUT2D eigenvalue weighted by Crippen LogP contribution is -2.28. The maximum atomic E-state index is 12.0. The highest BCUT2D eigenvalue weighted by Gasteiger charge is 2.21. The van der Waals surface area contributed by atoms with Gasteiger partial charge in [0, 0.05) is 26.3 Å². The first-order chi connectivity index (χ1) is 9.99. The Hall–Kier alpha value is -2.16. The fraction of sp³-hybridized carbons (Fsp3) is 0.333. The summed E-state index contributed by atoms with van der Waals surface area (Å²) in [6.07, 6.45) is 5.37. The number of aromatic nitrogens is 4. The van der Waals surface area contributed by atoms with Gasteiger partial charge in [0.25, 0.3) is 5.91 Å². The summed E-state index contributed by atoms with van der Waals surface area (Å²) >= 11 is 3.30. The maximum absolute atomic E-state index is 12.0. The van der Waals surface area contributed by atoms with Crippen LogP contribution in [0.4, 0.5) is 0 Å². The molecular weight excluding hydrogens is 342 g/mol. The normalized spacial score (nSPS) is 10.6. The summed E-state index contributed by atoms with van der Waals surface area (Å²) in [5.74, 6) is -1.62. The second-order valence-electron chi connectivity index (χ2n) is 4.37. The Balaban J connectivity index is 1.87. The molecular formula is C12H14BrN5O3. The van der Waals surface area contributed by atoms with Crippen molar-refractivity contribution in [1.82, 2.24) is 24.9 Å². The van der Waals surface area contributed by atoms with E-state index in [1.165, 1.54) is 17.9 Å². The average Bonchev–Trinajstić information content (AvgIpc) is 3.00. The molecule has 0 saturated carbocycles. The number of carbonyl (C=O) groups is 2. The molecule has 0 radical (unpaired) electrons. The van der Waals surface area contributed by atoms with E-state index in [2.05, 4.69) is 31.4 Å². The Labute approximate surface area is 128 Å². The Morgan fingerprint density at radius 3 is 2.76 bits per heavy atom. The van der Waals surface area contributed by atoms with Crippen molar-refractivity contribution in [2.24, 2.45) is 7.05 Å². The molecule has 0 fully saturated rings. The van der Waals surface area contributed by atoms with Gasteiger partial charge in [0.05, 0.1) is 16.9 Å². The summed E-state index contributed by atoms with van der Waals surface area (Å²) in [7, 11) is 1.53. The number of hydrogen-bond donors (Lipinski definition) is 2. The van der Waals surface area contributed by atoms with Gasteiger partial charge in [-0.1, -0.05) is 0 Å². The van der Waals surface area contributed by atoms with Crippen molar-refractivity contribution >= 4 is 27.8 Å². The lowest BCUT2D eigenvalue weighted by atomic mass is 10.2. The van der Waals surface area contributed by atoms with E-state index in [4.69, 9.17) is 5.11 Å². The van der Waals surface area contributed by atoms with Crippen molar-refractivity contribution < 1.29 is 14.7 Å². The molecule has 2 N–H and O–H groups in total. The van der Waals surface area contributed by atoms with E-state index in [1.807, 2.05) is 6.20 Å². The van der Waals surface area contributed by atoms with Gasteiger partial charge in [0.2, 0.25) is 0 Å². The van der Waals surface area contributed by atoms with Gasteiger partial charge in [-0.3, -0.25) is 14.2 Å². The fourth-order valence-electron chi connectivity index (χ4n) is 1.85. The molecule has 0 aliphatic rings. The first kappa shape index (κ1) is 15.2. The molecule has 0 saturated heterocycles. The largest absolute Gasteiger partial charge is 0.478 e. The molecule has 8 nitrogen and oxygen atoms in total. The summed E-state index contributed by atoms with van der Waals surface area (Å²) in [5.41, 5.74) is -0.0599. The van der Waals surface area contributed by atoms with E-state index in [1.54, 1.807) is 10.9 Å². The number of amides is 1. The van der Waals surface area contributed by atoms with Crippen molar-refractivity contribution in [3.8, 4) is 0 Å². The highest BCUT2D eigenvalue weighted by molar-refractivity contribution is 9.10. The van der Waals surface area contributed by atoms with Gasteiger partial charge < -0.3 is 10.4 Å². The molecule has 0 aromatic carbocycles. The summed E-state index contributed by atoms with van der Waals surface area (Å²) in [6.45, 7) is 1.07. The third-order valence-corrected chi connectivity index (χ3v) is 3.25. The van der Waals surface area contributed by atoms with E-state index in [0.29, 0.717) is 19.5 Å². The minimum Gasteiger partial charge on any atom is -0.478 e. The van der Waals surface area contributed by atoms with Crippen molar-refractivity contribution in [3.63, 3.8) is 0 Å². The number of aromatic carboxylic acids is 1. The lowest BCUT2D eigenvalue weighted by Gasteiger charge is -2.06. The molecule has 0 spiro atoms. The Kier molecular flexibility index (Phi) is 4.73. The van der Waals surface area contributed by atoms with Gasteiger partial charge in [0.15, 0.2) is 0 Å². The van der Waals surface area contributed by atoms with Gasteiger partial charge in [0.1, 0.15) is 11.3 Å². The molecule has 0 atom stereocenters.